The highest BCUT2D eigenvalue weighted by Crippen LogP contribution is 2.49. The van der Waals surface area contributed by atoms with Gasteiger partial charge in [0.05, 0.1) is 11.0 Å². The summed E-state index contributed by atoms with van der Waals surface area (Å²) in [6, 6.07) is 2.05. The number of Topliss-reactive ketones (excluding diaryl/α,β-unsaturated/α-hetero) is 1. The minimum Gasteiger partial charge on any atom is -0.302 e. The van der Waals surface area contributed by atoms with Crippen LogP contribution in [0, 0.1) is 22.2 Å². The summed E-state index contributed by atoms with van der Waals surface area (Å²) < 4.78 is 0. The average Bonchev–Trinajstić information content (AvgIpc) is 2.23. The predicted molar refractivity (Wildman–Crippen MR) is 73.4 cm³/mol. The molecule has 0 aromatic heterocycles. The fraction of sp³-hybridized carbons (Fsp3) is 0.571. The van der Waals surface area contributed by atoms with Crippen molar-refractivity contribution in [2.24, 2.45) is 10.8 Å². The molecule has 0 amide bonds. The van der Waals surface area contributed by atoms with Crippen LogP contribution >= 0.6 is 12.4 Å². The molecule has 98 valence electrons. The fourth-order valence-electron chi connectivity index (χ4n) is 3.21. The molecule has 0 spiro atoms. The maximum atomic E-state index is 12.2. The van der Waals surface area contributed by atoms with Crippen molar-refractivity contribution >= 4 is 18.2 Å². The van der Waals surface area contributed by atoms with Crippen LogP contribution in [0.1, 0.15) is 20.8 Å². The molecule has 3 nitrogen and oxygen atoms in total. The molecule has 1 atom stereocenters. The molecule has 0 radical (unpaired) electrons. The Kier molecular flexibility index (Phi) is 3.76. The van der Waals surface area contributed by atoms with Crippen LogP contribution in [0.3, 0.4) is 0 Å². The molecule has 2 rings (SSSR count). The summed E-state index contributed by atoms with van der Waals surface area (Å²) in [7, 11) is 2.06. The van der Waals surface area contributed by atoms with Crippen LogP contribution in [0.15, 0.2) is 23.3 Å². The molecule has 0 N–H and O–H groups in total. The molecular formula is C14H19ClN2O. The van der Waals surface area contributed by atoms with Gasteiger partial charge in [-0.3, -0.25) is 4.79 Å². The molecule has 0 fully saturated rings. The number of rotatable bonds is 0. The maximum Gasteiger partial charge on any atom is 0.182 e. The van der Waals surface area contributed by atoms with Gasteiger partial charge in [-0.1, -0.05) is 19.1 Å². The number of allylic oxidation sites excluding steroid dienone is 1. The quantitative estimate of drug-likeness (QED) is 0.632. The molecule has 18 heavy (non-hydrogen) atoms. The van der Waals surface area contributed by atoms with Crippen molar-refractivity contribution in [3.05, 3.63) is 23.3 Å². The average molecular weight is 267 g/mol. The molecule has 0 saturated heterocycles. The summed E-state index contributed by atoms with van der Waals surface area (Å²) in [6.45, 7) is 7.70. The first-order valence-electron chi connectivity index (χ1n) is 5.89. The number of hydrogen-bond donors (Lipinski definition) is 0. The summed E-state index contributed by atoms with van der Waals surface area (Å²) >= 11 is 0. The van der Waals surface area contributed by atoms with Gasteiger partial charge < -0.3 is 4.90 Å². The molecular weight excluding hydrogens is 248 g/mol. The maximum absolute atomic E-state index is 12.2. The zero-order valence-electron chi connectivity index (χ0n) is 11.3. The third-order valence-electron chi connectivity index (χ3n) is 3.89. The number of hydrogen-bond acceptors (Lipinski definition) is 3. The summed E-state index contributed by atoms with van der Waals surface area (Å²) in [6.07, 6.45) is 3.99. The Labute approximate surface area is 115 Å². The van der Waals surface area contributed by atoms with Gasteiger partial charge in [0.15, 0.2) is 5.78 Å². The Morgan fingerprint density at radius 1 is 1.39 bits per heavy atom. The lowest BCUT2D eigenvalue weighted by atomic mass is 9.60. The lowest BCUT2D eigenvalue weighted by Crippen LogP contribution is -2.48. The Hall–Kier alpha value is -1.11. The van der Waals surface area contributed by atoms with E-state index in [1.165, 1.54) is 0 Å². The highest BCUT2D eigenvalue weighted by molar-refractivity contribution is 6.06. The van der Waals surface area contributed by atoms with Crippen molar-refractivity contribution in [2.45, 2.75) is 20.8 Å². The van der Waals surface area contributed by atoms with Crippen LogP contribution in [0.2, 0.25) is 0 Å². The monoisotopic (exact) mass is 266 g/mol. The predicted octanol–water partition coefficient (Wildman–Crippen LogP) is 2.35. The van der Waals surface area contributed by atoms with Gasteiger partial charge in [-0.25, -0.2) is 0 Å². The normalized spacial score (nSPS) is 30.5. The van der Waals surface area contributed by atoms with Crippen LogP contribution in [0.5, 0.6) is 0 Å². The lowest BCUT2D eigenvalue weighted by molar-refractivity contribution is -0.122. The van der Waals surface area contributed by atoms with E-state index in [0.29, 0.717) is 5.57 Å². The molecule has 1 aliphatic heterocycles. The molecule has 1 heterocycles. The number of halogens is 1. The number of nitriles is 1. The molecule has 2 aliphatic rings. The minimum atomic E-state index is -0.546. The largest absolute Gasteiger partial charge is 0.302 e. The van der Waals surface area contributed by atoms with Crippen molar-refractivity contribution < 1.29 is 4.79 Å². The van der Waals surface area contributed by atoms with Crippen molar-refractivity contribution in [3.63, 3.8) is 0 Å². The molecule has 0 saturated carbocycles. The first-order valence-corrected chi connectivity index (χ1v) is 5.89. The van der Waals surface area contributed by atoms with Gasteiger partial charge in [0.25, 0.3) is 0 Å². The van der Waals surface area contributed by atoms with Crippen LogP contribution in [0.25, 0.3) is 0 Å². The second-order valence-electron chi connectivity index (χ2n) is 5.86. The zero-order chi connectivity index (χ0) is 12.8. The molecule has 0 aromatic carbocycles. The van der Waals surface area contributed by atoms with Crippen LogP contribution in [-0.4, -0.2) is 30.8 Å². The lowest BCUT2D eigenvalue weighted by Gasteiger charge is -2.46. The second-order valence-corrected chi connectivity index (χ2v) is 5.86. The fourth-order valence-corrected chi connectivity index (χ4v) is 3.21. The van der Waals surface area contributed by atoms with Gasteiger partial charge in [0.1, 0.15) is 6.07 Å². The van der Waals surface area contributed by atoms with Gasteiger partial charge in [-0.2, -0.15) is 5.26 Å². The molecule has 0 aromatic rings. The van der Waals surface area contributed by atoms with Crippen molar-refractivity contribution in [3.8, 4) is 6.07 Å². The van der Waals surface area contributed by atoms with E-state index in [1.807, 2.05) is 26.0 Å². The van der Waals surface area contributed by atoms with E-state index in [2.05, 4.69) is 24.9 Å². The Morgan fingerprint density at radius 3 is 2.56 bits per heavy atom. The van der Waals surface area contributed by atoms with E-state index in [0.717, 1.165) is 18.7 Å². The highest BCUT2D eigenvalue weighted by atomic mass is 35.5. The zero-order valence-corrected chi connectivity index (χ0v) is 12.1. The molecule has 4 heteroatoms. The van der Waals surface area contributed by atoms with E-state index in [9.17, 15) is 4.79 Å². The number of carbonyl (C=O) groups is 1. The summed E-state index contributed by atoms with van der Waals surface area (Å²) in [5.74, 6) is -0.0479. The van der Waals surface area contributed by atoms with Crippen LogP contribution in [-0.2, 0) is 4.79 Å². The van der Waals surface area contributed by atoms with Crippen molar-refractivity contribution in [1.29, 1.82) is 5.26 Å². The van der Waals surface area contributed by atoms with Gasteiger partial charge in [-0.05, 0) is 26.5 Å². The molecule has 0 unspecified atom stereocenters. The van der Waals surface area contributed by atoms with Crippen LogP contribution < -0.4 is 0 Å². The first kappa shape index (κ1) is 14.9. The molecule has 0 bridgehead atoms. The summed E-state index contributed by atoms with van der Waals surface area (Å²) in [5.41, 5.74) is 0.739. The van der Waals surface area contributed by atoms with Gasteiger partial charge in [0.2, 0.25) is 0 Å². The topological polar surface area (TPSA) is 44.1 Å². The number of likely N-dealkylation sites (N-methyl/N-ethyl adjacent to an activating group) is 1. The first-order chi connectivity index (χ1) is 7.81. The van der Waals surface area contributed by atoms with Crippen molar-refractivity contribution in [1.82, 2.24) is 4.90 Å². The van der Waals surface area contributed by atoms with Gasteiger partial charge in [-0.15, -0.1) is 12.4 Å². The van der Waals surface area contributed by atoms with Crippen LogP contribution in [0.4, 0.5) is 0 Å². The number of fused-ring (bicyclic) bond motifs is 1. The Bertz CT molecular complexity index is 485. The number of ketones is 1. The van der Waals surface area contributed by atoms with E-state index in [4.69, 9.17) is 5.26 Å². The SMILES string of the molecule is CN1CC=C2C(C)(C)C(=O)C(C#N)=C[C@@]2(C)C1.Cl. The minimum absolute atomic E-state index is 0. The summed E-state index contributed by atoms with van der Waals surface area (Å²) in [5, 5.41) is 9.09. The number of carbonyl (C=O) groups excluding carboxylic acids is 1. The van der Waals surface area contributed by atoms with E-state index in [-0.39, 0.29) is 23.6 Å². The van der Waals surface area contributed by atoms with E-state index in [1.54, 1.807) is 0 Å². The van der Waals surface area contributed by atoms with Gasteiger partial charge >= 0.3 is 0 Å². The van der Waals surface area contributed by atoms with Crippen molar-refractivity contribution in [2.75, 3.05) is 20.1 Å². The van der Waals surface area contributed by atoms with E-state index >= 15 is 0 Å². The van der Waals surface area contributed by atoms with E-state index < -0.39 is 5.41 Å². The smallest absolute Gasteiger partial charge is 0.182 e. The Balaban J connectivity index is 0.00000162. The third-order valence-corrected chi connectivity index (χ3v) is 3.89. The number of nitrogens with zero attached hydrogens (tertiary/aromatic N) is 2. The summed E-state index contributed by atoms with van der Waals surface area (Å²) in [4.78, 5) is 14.4. The standard InChI is InChI=1S/C14H18N2O.ClH/c1-13(2)11-5-6-16(4)9-14(11,3)7-10(8-15)12(13)17;/h5,7H,6,9H2,1-4H3;1H/t14-;/m0./s1. The third kappa shape index (κ3) is 2.00. The Morgan fingerprint density at radius 2 is 2.00 bits per heavy atom. The van der Waals surface area contributed by atoms with Gasteiger partial charge in [0, 0.05) is 18.5 Å². The molecule has 1 aliphatic carbocycles. The second kappa shape index (κ2) is 4.53. The highest BCUT2D eigenvalue weighted by Gasteiger charge is 2.48.